The molecule has 0 fully saturated rings. The largest absolute Gasteiger partial charge is 0.466 e. The quantitative estimate of drug-likeness (QED) is 0.644. The molecule has 0 aliphatic rings. The smallest absolute Gasteiger partial charge is 0.294 e. The number of amides is 2. The van der Waals surface area contributed by atoms with Gasteiger partial charge < -0.3 is 19.6 Å². The SMILES string of the molecule is CC(=O)NCCNC(=O)c1cn2cc(-c3cc(C)oc3C)n(C)c(=O)c2n1. The van der Waals surface area contributed by atoms with E-state index in [1.807, 2.05) is 19.9 Å². The number of imidazole rings is 1. The Labute approximate surface area is 155 Å². The molecular formula is C18H21N5O4. The molecule has 0 bridgehead atoms. The van der Waals surface area contributed by atoms with Gasteiger partial charge in [-0.15, -0.1) is 0 Å². The van der Waals surface area contributed by atoms with Gasteiger partial charge in [-0.2, -0.15) is 0 Å². The third kappa shape index (κ3) is 3.62. The number of aryl methyl sites for hydroxylation is 2. The molecule has 2 amide bonds. The second-order valence-corrected chi connectivity index (χ2v) is 6.30. The fourth-order valence-electron chi connectivity index (χ4n) is 2.88. The van der Waals surface area contributed by atoms with Crippen LogP contribution in [-0.4, -0.2) is 38.9 Å². The van der Waals surface area contributed by atoms with Crippen LogP contribution in [0.25, 0.3) is 16.9 Å². The van der Waals surface area contributed by atoms with E-state index in [4.69, 9.17) is 4.42 Å². The van der Waals surface area contributed by atoms with Gasteiger partial charge in [-0.1, -0.05) is 0 Å². The highest BCUT2D eigenvalue weighted by Gasteiger charge is 2.17. The summed E-state index contributed by atoms with van der Waals surface area (Å²) in [5, 5.41) is 5.24. The number of nitrogens with zero attached hydrogens (tertiary/aromatic N) is 3. The van der Waals surface area contributed by atoms with Gasteiger partial charge in [-0.3, -0.25) is 18.8 Å². The van der Waals surface area contributed by atoms with Crippen molar-refractivity contribution >= 4 is 17.5 Å². The molecule has 0 atom stereocenters. The fourth-order valence-corrected chi connectivity index (χ4v) is 2.88. The molecule has 0 saturated heterocycles. The molecule has 0 radical (unpaired) electrons. The Bertz CT molecular complexity index is 1090. The maximum atomic E-state index is 12.7. The number of carbonyl (C=O) groups is 2. The molecule has 3 heterocycles. The first kappa shape index (κ1) is 18.4. The van der Waals surface area contributed by atoms with E-state index in [0.29, 0.717) is 18.0 Å². The van der Waals surface area contributed by atoms with Gasteiger partial charge in [-0.25, -0.2) is 4.98 Å². The Balaban J connectivity index is 1.92. The third-order valence-corrected chi connectivity index (χ3v) is 4.19. The second kappa shape index (κ2) is 7.10. The van der Waals surface area contributed by atoms with E-state index in [9.17, 15) is 14.4 Å². The Kier molecular flexibility index (Phi) is 4.85. The lowest BCUT2D eigenvalue weighted by Crippen LogP contribution is -2.33. The highest BCUT2D eigenvalue weighted by Crippen LogP contribution is 2.25. The molecule has 0 unspecified atom stereocenters. The summed E-state index contributed by atoms with van der Waals surface area (Å²) in [6.07, 6.45) is 3.26. The predicted octanol–water partition coefficient (Wildman–Crippen LogP) is 0.776. The van der Waals surface area contributed by atoms with Gasteiger partial charge in [0, 0.05) is 45.0 Å². The summed E-state index contributed by atoms with van der Waals surface area (Å²) in [5.41, 5.74) is 1.45. The van der Waals surface area contributed by atoms with Crippen LogP contribution in [0.2, 0.25) is 0 Å². The minimum Gasteiger partial charge on any atom is -0.466 e. The molecule has 0 aromatic carbocycles. The Morgan fingerprint density at radius 2 is 1.89 bits per heavy atom. The molecule has 0 spiro atoms. The van der Waals surface area contributed by atoms with Crippen LogP contribution in [-0.2, 0) is 11.8 Å². The van der Waals surface area contributed by atoms with Gasteiger partial charge >= 0.3 is 0 Å². The number of carbonyl (C=O) groups excluding carboxylic acids is 2. The van der Waals surface area contributed by atoms with Crippen molar-refractivity contribution in [3.8, 4) is 11.3 Å². The molecular weight excluding hydrogens is 350 g/mol. The highest BCUT2D eigenvalue weighted by molar-refractivity contribution is 5.92. The van der Waals surface area contributed by atoms with Crippen LogP contribution >= 0.6 is 0 Å². The van der Waals surface area contributed by atoms with Crippen molar-refractivity contribution in [2.24, 2.45) is 7.05 Å². The molecule has 3 aromatic heterocycles. The van der Waals surface area contributed by atoms with Crippen LogP contribution in [0.3, 0.4) is 0 Å². The molecule has 3 rings (SSSR count). The monoisotopic (exact) mass is 371 g/mol. The van der Waals surface area contributed by atoms with Crippen LogP contribution < -0.4 is 16.2 Å². The highest BCUT2D eigenvalue weighted by atomic mass is 16.3. The average molecular weight is 371 g/mol. The minimum atomic E-state index is -0.414. The molecule has 9 heteroatoms. The van der Waals surface area contributed by atoms with E-state index in [2.05, 4.69) is 15.6 Å². The minimum absolute atomic E-state index is 0.132. The van der Waals surface area contributed by atoms with E-state index in [0.717, 1.165) is 11.3 Å². The molecule has 0 aliphatic carbocycles. The first-order valence-corrected chi connectivity index (χ1v) is 8.46. The predicted molar refractivity (Wildman–Crippen MR) is 98.6 cm³/mol. The first-order chi connectivity index (χ1) is 12.8. The Morgan fingerprint density at radius 3 is 2.52 bits per heavy atom. The van der Waals surface area contributed by atoms with Gasteiger partial charge in [-0.05, 0) is 19.9 Å². The summed E-state index contributed by atoms with van der Waals surface area (Å²) in [4.78, 5) is 39.9. The number of hydrogen-bond donors (Lipinski definition) is 2. The van der Waals surface area contributed by atoms with Crippen molar-refractivity contribution in [3.63, 3.8) is 0 Å². The van der Waals surface area contributed by atoms with Crippen molar-refractivity contribution in [1.29, 1.82) is 0 Å². The number of rotatable bonds is 5. The summed E-state index contributed by atoms with van der Waals surface area (Å²) >= 11 is 0. The van der Waals surface area contributed by atoms with E-state index in [-0.39, 0.29) is 29.4 Å². The van der Waals surface area contributed by atoms with Crippen LogP contribution in [0.1, 0.15) is 28.9 Å². The van der Waals surface area contributed by atoms with Crippen molar-refractivity contribution in [2.75, 3.05) is 13.1 Å². The van der Waals surface area contributed by atoms with Crippen LogP contribution in [0, 0.1) is 13.8 Å². The standard InChI is InChI=1S/C18H21N5O4/c1-10-7-13(11(2)27-10)15-9-23-8-14(21-16(23)18(26)22(15)4)17(25)20-6-5-19-12(3)24/h7-9H,5-6H2,1-4H3,(H,19,24)(H,20,25). The van der Waals surface area contributed by atoms with E-state index >= 15 is 0 Å². The number of hydrogen-bond acceptors (Lipinski definition) is 5. The van der Waals surface area contributed by atoms with Gasteiger partial charge in [0.2, 0.25) is 11.6 Å². The zero-order valence-electron chi connectivity index (χ0n) is 15.6. The molecule has 0 aliphatic heterocycles. The zero-order valence-corrected chi connectivity index (χ0v) is 15.6. The van der Waals surface area contributed by atoms with E-state index in [1.165, 1.54) is 17.7 Å². The number of fused-ring (bicyclic) bond motifs is 1. The fraction of sp³-hybridized carbons (Fsp3) is 0.333. The van der Waals surface area contributed by atoms with Crippen molar-refractivity contribution in [1.82, 2.24) is 24.6 Å². The van der Waals surface area contributed by atoms with Gasteiger partial charge in [0.25, 0.3) is 11.5 Å². The lowest BCUT2D eigenvalue weighted by Gasteiger charge is -2.07. The average Bonchev–Trinajstić information content (AvgIpc) is 3.17. The number of furan rings is 1. The molecule has 27 heavy (non-hydrogen) atoms. The number of aromatic nitrogens is 3. The van der Waals surface area contributed by atoms with Gasteiger partial charge in [0.05, 0.1) is 5.69 Å². The first-order valence-electron chi connectivity index (χ1n) is 8.46. The van der Waals surface area contributed by atoms with Crippen molar-refractivity contribution in [2.45, 2.75) is 20.8 Å². The summed E-state index contributed by atoms with van der Waals surface area (Å²) in [7, 11) is 1.65. The lowest BCUT2D eigenvalue weighted by atomic mass is 10.2. The van der Waals surface area contributed by atoms with Crippen LogP contribution in [0.4, 0.5) is 0 Å². The summed E-state index contributed by atoms with van der Waals surface area (Å²) < 4.78 is 8.58. The molecule has 2 N–H and O–H groups in total. The van der Waals surface area contributed by atoms with Gasteiger partial charge in [0.15, 0.2) is 0 Å². The maximum absolute atomic E-state index is 12.7. The summed E-state index contributed by atoms with van der Waals surface area (Å²) in [5.74, 6) is 0.874. The second-order valence-electron chi connectivity index (χ2n) is 6.30. The zero-order chi connectivity index (χ0) is 19.7. The topological polar surface area (TPSA) is 111 Å². The normalized spacial score (nSPS) is 11.0. The molecule has 0 saturated carbocycles. The van der Waals surface area contributed by atoms with Gasteiger partial charge in [0.1, 0.15) is 17.2 Å². The molecule has 3 aromatic rings. The summed E-state index contributed by atoms with van der Waals surface area (Å²) in [6, 6.07) is 1.86. The maximum Gasteiger partial charge on any atom is 0.294 e. The van der Waals surface area contributed by atoms with Crippen molar-refractivity contribution < 1.29 is 14.0 Å². The van der Waals surface area contributed by atoms with Crippen molar-refractivity contribution in [3.05, 3.63) is 46.0 Å². The van der Waals surface area contributed by atoms with E-state index < -0.39 is 5.91 Å². The summed E-state index contributed by atoms with van der Waals surface area (Å²) in [6.45, 7) is 5.66. The molecule has 9 nitrogen and oxygen atoms in total. The van der Waals surface area contributed by atoms with Crippen LogP contribution in [0.15, 0.2) is 27.7 Å². The Hall–Kier alpha value is -3.36. The third-order valence-electron chi connectivity index (χ3n) is 4.19. The number of nitrogens with one attached hydrogen (secondary N) is 2. The molecule has 142 valence electrons. The van der Waals surface area contributed by atoms with Crippen LogP contribution in [0.5, 0.6) is 0 Å². The van der Waals surface area contributed by atoms with E-state index in [1.54, 1.807) is 17.6 Å². The Morgan fingerprint density at radius 1 is 1.19 bits per heavy atom. The lowest BCUT2D eigenvalue weighted by molar-refractivity contribution is -0.118.